The smallest absolute Gasteiger partial charge is 0.328 e. The Labute approximate surface area is 210 Å². The van der Waals surface area contributed by atoms with Gasteiger partial charge in [-0.05, 0) is 32.4 Å². The summed E-state index contributed by atoms with van der Waals surface area (Å²) < 4.78 is 24.2. The summed E-state index contributed by atoms with van der Waals surface area (Å²) >= 11 is 5.88. The van der Waals surface area contributed by atoms with Crippen molar-refractivity contribution < 1.29 is 23.5 Å². The minimum Gasteiger partial charge on any atom is -0.465 e. The molecule has 6 heteroatoms. The lowest BCUT2D eigenvalue weighted by molar-refractivity contribution is -0.164. The molecule has 0 amide bonds. The van der Waals surface area contributed by atoms with E-state index in [1.54, 1.807) is 0 Å². The summed E-state index contributed by atoms with van der Waals surface area (Å²) in [6.45, 7) is 5.32. The van der Waals surface area contributed by atoms with E-state index in [1.165, 1.54) is 103 Å². The first kappa shape index (κ1) is 30.4. The van der Waals surface area contributed by atoms with Crippen molar-refractivity contribution >= 4 is 23.5 Å². The Kier molecular flexibility index (Phi) is 15.9. The highest BCUT2D eigenvalue weighted by molar-refractivity contribution is 6.32. The van der Waals surface area contributed by atoms with E-state index in [0.29, 0.717) is 0 Å². The van der Waals surface area contributed by atoms with Gasteiger partial charge in [-0.3, -0.25) is 9.59 Å². The van der Waals surface area contributed by atoms with Crippen LogP contribution in [0.5, 0.6) is 5.75 Å². The van der Waals surface area contributed by atoms with Crippen LogP contribution in [0.2, 0.25) is 5.02 Å². The Morgan fingerprint density at radius 2 is 1.26 bits per heavy atom. The number of carbonyl (C=O) groups is 2. The number of esters is 2. The van der Waals surface area contributed by atoms with Crippen LogP contribution in [0.25, 0.3) is 0 Å². The molecule has 0 N–H and O–H groups in total. The number of rotatable bonds is 19. The van der Waals surface area contributed by atoms with E-state index in [-0.39, 0.29) is 17.4 Å². The van der Waals surface area contributed by atoms with Crippen molar-refractivity contribution in [2.24, 2.45) is 5.41 Å². The van der Waals surface area contributed by atoms with Gasteiger partial charge in [-0.25, -0.2) is 4.39 Å². The van der Waals surface area contributed by atoms with E-state index in [4.69, 9.17) is 21.1 Å². The Bertz CT molecular complexity index is 700. The number of halogens is 2. The van der Waals surface area contributed by atoms with E-state index in [1.807, 2.05) is 0 Å². The van der Waals surface area contributed by atoms with Crippen molar-refractivity contribution in [3.05, 3.63) is 29.0 Å². The van der Waals surface area contributed by atoms with E-state index in [0.717, 1.165) is 25.3 Å². The van der Waals surface area contributed by atoms with Crippen molar-refractivity contribution in [3.63, 3.8) is 0 Å². The molecule has 0 aliphatic carbocycles. The summed E-state index contributed by atoms with van der Waals surface area (Å²) in [5.41, 5.74) is -1.55. The van der Waals surface area contributed by atoms with Crippen LogP contribution in [0.4, 0.5) is 4.39 Å². The normalized spacial score (nSPS) is 11.4. The molecule has 1 aromatic carbocycles. The van der Waals surface area contributed by atoms with Crippen LogP contribution in [0, 0.1) is 11.2 Å². The van der Waals surface area contributed by atoms with Gasteiger partial charge in [-0.2, -0.15) is 0 Å². The van der Waals surface area contributed by atoms with Crippen LogP contribution in [0.3, 0.4) is 0 Å². The fourth-order valence-corrected chi connectivity index (χ4v) is 3.90. The van der Waals surface area contributed by atoms with Crippen LogP contribution in [0.1, 0.15) is 117 Å². The van der Waals surface area contributed by atoms with Gasteiger partial charge < -0.3 is 9.47 Å². The first-order chi connectivity index (χ1) is 16.3. The zero-order valence-corrected chi connectivity index (χ0v) is 22.2. The zero-order chi connectivity index (χ0) is 25.2. The standard InChI is InChI=1S/C28H44ClFO4/c1-4-5-6-7-8-9-10-11-12-13-14-15-16-17-18-22-33-26(31)28(2,3)27(32)34-25-23(29)20-19-21-24(25)30/h19-21H,4-18,22H2,1-3H3. The van der Waals surface area contributed by atoms with Gasteiger partial charge in [0, 0.05) is 0 Å². The molecule has 0 aliphatic heterocycles. The third-order valence-corrected chi connectivity index (χ3v) is 6.41. The molecular weight excluding hydrogens is 455 g/mol. The third kappa shape index (κ3) is 12.2. The molecule has 0 bridgehead atoms. The van der Waals surface area contributed by atoms with Gasteiger partial charge in [-0.1, -0.05) is 114 Å². The summed E-state index contributed by atoms with van der Waals surface area (Å²) in [5.74, 6) is -2.73. The van der Waals surface area contributed by atoms with E-state index in [2.05, 4.69) is 6.92 Å². The number of unbranched alkanes of at least 4 members (excludes halogenated alkanes) is 14. The summed E-state index contributed by atoms with van der Waals surface area (Å²) in [5, 5.41) is -0.0321. The molecule has 0 spiro atoms. The SMILES string of the molecule is CCCCCCCCCCCCCCCCCOC(=O)C(C)(C)C(=O)Oc1c(F)cccc1Cl. The minimum atomic E-state index is -1.55. The van der Waals surface area contributed by atoms with Crippen LogP contribution < -0.4 is 4.74 Å². The van der Waals surface area contributed by atoms with Gasteiger partial charge in [0.2, 0.25) is 0 Å². The Morgan fingerprint density at radius 1 is 0.794 bits per heavy atom. The first-order valence-corrected chi connectivity index (χ1v) is 13.5. The maximum Gasteiger partial charge on any atom is 0.328 e. The topological polar surface area (TPSA) is 52.6 Å². The molecule has 1 aromatic rings. The molecule has 0 saturated carbocycles. The van der Waals surface area contributed by atoms with Gasteiger partial charge >= 0.3 is 11.9 Å². The second-order valence-corrected chi connectivity index (χ2v) is 10.1. The van der Waals surface area contributed by atoms with Gasteiger partial charge in [0.05, 0.1) is 11.6 Å². The monoisotopic (exact) mass is 498 g/mol. The third-order valence-electron chi connectivity index (χ3n) is 6.12. The fourth-order valence-electron chi connectivity index (χ4n) is 3.70. The van der Waals surface area contributed by atoms with Crippen LogP contribution in [-0.2, 0) is 14.3 Å². The number of hydrogen-bond donors (Lipinski definition) is 0. The molecule has 4 nitrogen and oxygen atoms in total. The molecule has 0 unspecified atom stereocenters. The molecule has 34 heavy (non-hydrogen) atoms. The molecule has 0 atom stereocenters. The van der Waals surface area contributed by atoms with Crippen molar-refractivity contribution in [1.82, 2.24) is 0 Å². The highest BCUT2D eigenvalue weighted by Crippen LogP contribution is 2.30. The van der Waals surface area contributed by atoms with Gasteiger partial charge in [0.25, 0.3) is 0 Å². The summed E-state index contributed by atoms with van der Waals surface area (Å²) in [6, 6.07) is 3.96. The first-order valence-electron chi connectivity index (χ1n) is 13.1. The number of ether oxygens (including phenoxy) is 2. The minimum absolute atomic E-state index is 0.0321. The van der Waals surface area contributed by atoms with Gasteiger partial charge in [0.15, 0.2) is 17.0 Å². The molecule has 0 aromatic heterocycles. The number of hydrogen-bond acceptors (Lipinski definition) is 4. The van der Waals surface area contributed by atoms with E-state index < -0.39 is 23.2 Å². The quantitative estimate of drug-likeness (QED) is 0.0826. The summed E-state index contributed by atoms with van der Waals surface area (Å²) in [4.78, 5) is 24.8. The summed E-state index contributed by atoms with van der Waals surface area (Å²) in [6.07, 6.45) is 18.9. The lowest BCUT2D eigenvalue weighted by Crippen LogP contribution is -2.38. The number of benzene rings is 1. The Morgan fingerprint density at radius 3 is 1.74 bits per heavy atom. The van der Waals surface area contributed by atoms with Crippen LogP contribution in [0.15, 0.2) is 18.2 Å². The lowest BCUT2D eigenvalue weighted by Gasteiger charge is -2.21. The van der Waals surface area contributed by atoms with Crippen molar-refractivity contribution in [2.75, 3.05) is 6.61 Å². The number of carbonyl (C=O) groups excluding carboxylic acids is 2. The number of para-hydroxylation sites is 1. The average molecular weight is 499 g/mol. The highest BCUT2D eigenvalue weighted by Gasteiger charge is 2.40. The lowest BCUT2D eigenvalue weighted by atomic mass is 9.94. The molecule has 0 aliphatic rings. The van der Waals surface area contributed by atoms with Crippen molar-refractivity contribution in [1.29, 1.82) is 0 Å². The Balaban J connectivity index is 2.07. The largest absolute Gasteiger partial charge is 0.465 e. The molecule has 0 fully saturated rings. The Hall–Kier alpha value is -1.62. The predicted molar refractivity (Wildman–Crippen MR) is 137 cm³/mol. The van der Waals surface area contributed by atoms with Crippen LogP contribution >= 0.6 is 11.6 Å². The molecule has 0 saturated heterocycles. The van der Waals surface area contributed by atoms with E-state index in [9.17, 15) is 14.0 Å². The van der Waals surface area contributed by atoms with Gasteiger partial charge in [-0.15, -0.1) is 0 Å². The second kappa shape index (κ2) is 17.8. The van der Waals surface area contributed by atoms with Crippen molar-refractivity contribution in [3.8, 4) is 5.75 Å². The molecule has 0 radical (unpaired) electrons. The fraction of sp³-hybridized carbons (Fsp3) is 0.714. The average Bonchev–Trinajstić information content (AvgIpc) is 2.80. The highest BCUT2D eigenvalue weighted by atomic mass is 35.5. The predicted octanol–water partition coefficient (Wildman–Crippen LogP) is 8.83. The van der Waals surface area contributed by atoms with Crippen LogP contribution in [-0.4, -0.2) is 18.5 Å². The maximum atomic E-state index is 13.8. The van der Waals surface area contributed by atoms with E-state index >= 15 is 0 Å². The maximum absolute atomic E-state index is 13.8. The van der Waals surface area contributed by atoms with Crippen molar-refractivity contribution in [2.45, 2.75) is 117 Å². The molecular formula is C28H44ClFO4. The summed E-state index contributed by atoms with van der Waals surface area (Å²) in [7, 11) is 0. The zero-order valence-electron chi connectivity index (χ0n) is 21.4. The second-order valence-electron chi connectivity index (χ2n) is 9.65. The van der Waals surface area contributed by atoms with Gasteiger partial charge in [0.1, 0.15) is 0 Å². The molecule has 1 rings (SSSR count). The molecule has 0 heterocycles. The molecule has 194 valence electrons.